The molecular formula is C17H24N2O2. The quantitative estimate of drug-likeness (QED) is 0.918. The summed E-state index contributed by atoms with van der Waals surface area (Å²) < 4.78 is 5.25. The Morgan fingerprint density at radius 2 is 2.19 bits per heavy atom. The zero-order valence-electron chi connectivity index (χ0n) is 12.7. The lowest BCUT2D eigenvalue weighted by Crippen LogP contribution is -2.52. The number of fused-ring (bicyclic) bond motifs is 1. The molecule has 1 fully saturated rings. The van der Waals surface area contributed by atoms with Gasteiger partial charge in [-0.15, -0.1) is 0 Å². The van der Waals surface area contributed by atoms with E-state index in [-0.39, 0.29) is 11.9 Å². The fourth-order valence-corrected chi connectivity index (χ4v) is 3.49. The third kappa shape index (κ3) is 3.27. The van der Waals surface area contributed by atoms with Crippen molar-refractivity contribution in [2.45, 2.75) is 31.8 Å². The largest absolute Gasteiger partial charge is 0.384 e. The van der Waals surface area contributed by atoms with Crippen LogP contribution in [-0.4, -0.2) is 43.7 Å². The van der Waals surface area contributed by atoms with Crippen molar-refractivity contribution in [1.82, 2.24) is 10.2 Å². The second-order valence-electron chi connectivity index (χ2n) is 6.15. The van der Waals surface area contributed by atoms with Crippen molar-refractivity contribution >= 4 is 5.91 Å². The second-order valence-corrected chi connectivity index (χ2v) is 6.15. The van der Waals surface area contributed by atoms with E-state index < -0.39 is 0 Å². The Morgan fingerprint density at radius 1 is 1.38 bits per heavy atom. The number of hydrogen-bond donors (Lipinski definition) is 1. The van der Waals surface area contributed by atoms with Gasteiger partial charge < -0.3 is 15.0 Å². The first-order valence-electron chi connectivity index (χ1n) is 7.86. The Bertz CT molecular complexity index is 501. The maximum absolute atomic E-state index is 12.7. The Labute approximate surface area is 126 Å². The lowest BCUT2D eigenvalue weighted by molar-refractivity contribution is -0.135. The molecule has 0 aliphatic carbocycles. The third-order valence-corrected chi connectivity index (χ3v) is 4.61. The number of hydrogen-bond acceptors (Lipinski definition) is 3. The van der Waals surface area contributed by atoms with Gasteiger partial charge in [-0.2, -0.15) is 0 Å². The fourth-order valence-electron chi connectivity index (χ4n) is 3.49. The first kappa shape index (κ1) is 14.5. The number of nitrogens with one attached hydrogen (secondary N) is 1. The highest BCUT2D eigenvalue weighted by Gasteiger charge is 2.30. The molecule has 21 heavy (non-hydrogen) atoms. The molecule has 3 rings (SSSR count). The Balaban J connectivity index is 1.63. The van der Waals surface area contributed by atoms with E-state index in [9.17, 15) is 4.79 Å². The van der Waals surface area contributed by atoms with E-state index in [1.54, 1.807) is 7.11 Å². The van der Waals surface area contributed by atoms with E-state index >= 15 is 0 Å². The van der Waals surface area contributed by atoms with Crippen molar-refractivity contribution in [3.8, 4) is 0 Å². The highest BCUT2D eigenvalue weighted by atomic mass is 16.5. The number of nitrogens with zero attached hydrogens (tertiary/aromatic N) is 1. The van der Waals surface area contributed by atoms with Gasteiger partial charge in [0.1, 0.15) is 0 Å². The molecule has 1 unspecified atom stereocenters. The maximum Gasteiger partial charge on any atom is 0.240 e. The standard InChI is InChI=1S/C17H24N2O2/c1-21-12-13-5-4-8-19(11-13)17(20)16-9-14-6-2-3-7-15(14)10-18-16/h2-3,6-7,13,16,18H,4-5,8-12H2,1H3/t13?,16-/m1/s1. The molecule has 114 valence electrons. The zero-order valence-corrected chi connectivity index (χ0v) is 12.7. The number of carbonyl (C=O) groups is 1. The molecule has 0 aromatic heterocycles. The summed E-state index contributed by atoms with van der Waals surface area (Å²) in [6, 6.07) is 8.32. The van der Waals surface area contributed by atoms with E-state index in [0.29, 0.717) is 5.92 Å². The molecule has 0 bridgehead atoms. The van der Waals surface area contributed by atoms with Crippen LogP contribution in [0.1, 0.15) is 24.0 Å². The average Bonchev–Trinajstić information content (AvgIpc) is 2.54. The molecule has 2 aliphatic heterocycles. The Morgan fingerprint density at radius 3 is 3.00 bits per heavy atom. The van der Waals surface area contributed by atoms with Gasteiger partial charge in [-0.25, -0.2) is 0 Å². The summed E-state index contributed by atoms with van der Waals surface area (Å²) in [6.45, 7) is 3.28. The molecule has 0 saturated carbocycles. The van der Waals surface area contributed by atoms with Gasteiger partial charge >= 0.3 is 0 Å². The molecule has 0 spiro atoms. The second kappa shape index (κ2) is 6.58. The van der Waals surface area contributed by atoms with Gasteiger partial charge in [0.25, 0.3) is 0 Å². The van der Waals surface area contributed by atoms with Crippen LogP contribution in [0.4, 0.5) is 0 Å². The van der Waals surface area contributed by atoms with Gasteiger partial charge in [0.2, 0.25) is 5.91 Å². The predicted octanol–water partition coefficient (Wildman–Crippen LogP) is 1.59. The smallest absolute Gasteiger partial charge is 0.240 e. The number of carbonyl (C=O) groups excluding carboxylic acids is 1. The monoisotopic (exact) mass is 288 g/mol. The summed E-state index contributed by atoms with van der Waals surface area (Å²) in [5, 5.41) is 3.40. The Kier molecular flexibility index (Phi) is 4.56. The molecule has 1 aromatic rings. The van der Waals surface area contributed by atoms with Gasteiger partial charge in [0.15, 0.2) is 0 Å². The fraction of sp³-hybridized carbons (Fsp3) is 0.588. The van der Waals surface area contributed by atoms with Crippen molar-refractivity contribution < 1.29 is 9.53 Å². The number of ether oxygens (including phenoxy) is 1. The summed E-state index contributed by atoms with van der Waals surface area (Å²) in [7, 11) is 1.74. The Hall–Kier alpha value is -1.39. The molecule has 2 atom stereocenters. The molecule has 4 heteroatoms. The van der Waals surface area contributed by atoms with Crippen LogP contribution in [0.25, 0.3) is 0 Å². The SMILES string of the molecule is COCC1CCCN(C(=O)[C@H]2Cc3ccccc3CN2)C1. The number of methoxy groups -OCH3 is 1. The van der Waals surface area contributed by atoms with Gasteiger partial charge in [-0.3, -0.25) is 4.79 Å². The molecular weight excluding hydrogens is 264 g/mol. The van der Waals surface area contributed by atoms with Crippen molar-refractivity contribution in [1.29, 1.82) is 0 Å². The predicted molar refractivity (Wildman–Crippen MR) is 82.0 cm³/mol. The average molecular weight is 288 g/mol. The zero-order chi connectivity index (χ0) is 14.7. The van der Waals surface area contributed by atoms with Crippen LogP contribution in [0.15, 0.2) is 24.3 Å². The first-order chi connectivity index (χ1) is 10.3. The third-order valence-electron chi connectivity index (χ3n) is 4.61. The molecule has 1 aromatic carbocycles. The summed E-state index contributed by atoms with van der Waals surface area (Å²) >= 11 is 0. The summed E-state index contributed by atoms with van der Waals surface area (Å²) in [5.41, 5.74) is 2.62. The lowest BCUT2D eigenvalue weighted by atomic mass is 9.93. The molecule has 1 N–H and O–H groups in total. The van der Waals surface area contributed by atoms with Crippen LogP contribution in [0, 0.1) is 5.92 Å². The van der Waals surface area contributed by atoms with Gasteiger partial charge in [0, 0.05) is 26.7 Å². The van der Waals surface area contributed by atoms with E-state index in [1.165, 1.54) is 17.5 Å². The molecule has 2 aliphatic rings. The molecule has 1 amide bonds. The lowest BCUT2D eigenvalue weighted by Gasteiger charge is -2.36. The van der Waals surface area contributed by atoms with E-state index in [2.05, 4.69) is 29.6 Å². The maximum atomic E-state index is 12.7. The molecule has 2 heterocycles. The van der Waals surface area contributed by atoms with Crippen LogP contribution < -0.4 is 5.32 Å². The van der Waals surface area contributed by atoms with E-state index in [4.69, 9.17) is 4.74 Å². The van der Waals surface area contributed by atoms with Gasteiger partial charge in [-0.1, -0.05) is 24.3 Å². The van der Waals surface area contributed by atoms with Crippen LogP contribution >= 0.6 is 0 Å². The van der Waals surface area contributed by atoms with Crippen LogP contribution in [0.2, 0.25) is 0 Å². The van der Waals surface area contributed by atoms with Crippen LogP contribution in [0.5, 0.6) is 0 Å². The van der Waals surface area contributed by atoms with Crippen LogP contribution in [0.3, 0.4) is 0 Å². The molecule has 4 nitrogen and oxygen atoms in total. The van der Waals surface area contributed by atoms with Crippen molar-refractivity contribution in [3.63, 3.8) is 0 Å². The van der Waals surface area contributed by atoms with Gasteiger partial charge in [0.05, 0.1) is 12.6 Å². The number of piperidine rings is 1. The number of benzene rings is 1. The normalized spacial score (nSPS) is 25.5. The minimum absolute atomic E-state index is 0.0683. The topological polar surface area (TPSA) is 41.6 Å². The molecule has 0 radical (unpaired) electrons. The van der Waals surface area contributed by atoms with E-state index in [0.717, 1.165) is 39.1 Å². The minimum Gasteiger partial charge on any atom is -0.384 e. The van der Waals surface area contributed by atoms with Crippen molar-refractivity contribution in [3.05, 3.63) is 35.4 Å². The highest BCUT2D eigenvalue weighted by Crippen LogP contribution is 2.21. The number of amides is 1. The minimum atomic E-state index is -0.0683. The van der Waals surface area contributed by atoms with Crippen molar-refractivity contribution in [2.75, 3.05) is 26.8 Å². The van der Waals surface area contributed by atoms with Crippen LogP contribution in [-0.2, 0) is 22.5 Å². The van der Waals surface area contributed by atoms with Gasteiger partial charge in [-0.05, 0) is 36.3 Å². The molecule has 1 saturated heterocycles. The summed E-state index contributed by atoms with van der Waals surface area (Å²) in [4.78, 5) is 14.8. The van der Waals surface area contributed by atoms with Crippen molar-refractivity contribution in [2.24, 2.45) is 5.92 Å². The van der Waals surface area contributed by atoms with E-state index in [1.807, 2.05) is 4.90 Å². The highest BCUT2D eigenvalue weighted by molar-refractivity contribution is 5.82. The number of rotatable bonds is 3. The summed E-state index contributed by atoms with van der Waals surface area (Å²) in [5.74, 6) is 0.744. The number of likely N-dealkylation sites (tertiary alicyclic amines) is 1. The first-order valence-corrected chi connectivity index (χ1v) is 7.86. The summed E-state index contributed by atoms with van der Waals surface area (Å²) in [6.07, 6.45) is 3.06.